The van der Waals surface area contributed by atoms with Crippen molar-refractivity contribution in [1.29, 1.82) is 0 Å². The van der Waals surface area contributed by atoms with E-state index in [-0.39, 0.29) is 30.7 Å². The van der Waals surface area contributed by atoms with Crippen LogP contribution in [0.4, 0.5) is 0 Å². The van der Waals surface area contributed by atoms with E-state index in [4.69, 9.17) is 5.73 Å². The molecule has 3 N–H and O–H groups in total. The minimum atomic E-state index is -0.569. The second-order valence-corrected chi connectivity index (χ2v) is 4.82. The summed E-state index contributed by atoms with van der Waals surface area (Å²) < 4.78 is 1.84. The Kier molecular flexibility index (Phi) is 6.91. The fourth-order valence-electron chi connectivity index (χ4n) is 1.50. The molecule has 0 unspecified atom stereocenters. The Balaban J connectivity index is 0.00000180. The Bertz CT molecular complexity index is 570. The van der Waals surface area contributed by atoms with Crippen LogP contribution in [-0.4, -0.2) is 27.0 Å². The summed E-state index contributed by atoms with van der Waals surface area (Å²) in [5.74, 6) is 0.615. The van der Waals surface area contributed by atoms with Crippen molar-refractivity contribution in [3.05, 3.63) is 30.2 Å². The quantitative estimate of drug-likeness (QED) is 0.886. The Morgan fingerprint density at radius 2 is 2.05 bits per heavy atom. The maximum atomic E-state index is 11.9. The molecule has 0 fully saturated rings. The molecule has 0 saturated carbocycles. The fraction of sp³-hybridized carbons (Fsp3) is 0.417. The monoisotopic (exact) mass is 319 g/mol. The molecule has 0 aliphatic heterocycles. The molecule has 112 valence electrons. The lowest BCUT2D eigenvalue weighted by molar-refractivity contribution is -0.129. The normalized spacial score (nSPS) is 10.6. The van der Waals surface area contributed by atoms with Gasteiger partial charge in [0.25, 0.3) is 0 Å². The van der Waals surface area contributed by atoms with Crippen molar-refractivity contribution < 1.29 is 4.79 Å². The number of nitrogens with zero attached hydrogens (tertiary/aromatic N) is 3. The average Bonchev–Trinajstić information content (AvgIpc) is 2.79. The van der Waals surface area contributed by atoms with Gasteiger partial charge in [-0.05, 0) is 26.0 Å². The zero-order chi connectivity index (χ0) is 13.2. The molecule has 6 nitrogen and oxygen atoms in total. The van der Waals surface area contributed by atoms with Crippen LogP contribution in [0.5, 0.6) is 0 Å². The van der Waals surface area contributed by atoms with Crippen molar-refractivity contribution in [2.75, 3.05) is 6.54 Å². The number of fused-ring (bicyclic) bond motifs is 1. The SMILES string of the molecule is CC(C)(CN)C(=O)NCc1nnc2ccccn12.Cl.Cl. The number of hydrogen-bond donors (Lipinski definition) is 2. The number of nitrogens with two attached hydrogens (primary N) is 1. The minimum Gasteiger partial charge on any atom is -0.348 e. The van der Waals surface area contributed by atoms with Crippen molar-refractivity contribution in [3.63, 3.8) is 0 Å². The first-order chi connectivity index (χ1) is 8.54. The van der Waals surface area contributed by atoms with Gasteiger partial charge in [0.05, 0.1) is 12.0 Å². The molecule has 8 heteroatoms. The molecule has 0 aliphatic carbocycles. The average molecular weight is 320 g/mol. The van der Waals surface area contributed by atoms with Crippen LogP contribution < -0.4 is 11.1 Å². The van der Waals surface area contributed by atoms with Gasteiger partial charge in [0.15, 0.2) is 11.5 Å². The van der Waals surface area contributed by atoms with E-state index in [9.17, 15) is 4.79 Å². The molecular weight excluding hydrogens is 301 g/mol. The number of rotatable bonds is 4. The zero-order valence-corrected chi connectivity index (χ0v) is 13.0. The summed E-state index contributed by atoms with van der Waals surface area (Å²) in [6.07, 6.45) is 1.87. The summed E-state index contributed by atoms with van der Waals surface area (Å²) in [4.78, 5) is 11.9. The molecule has 0 bridgehead atoms. The lowest BCUT2D eigenvalue weighted by Gasteiger charge is -2.20. The summed E-state index contributed by atoms with van der Waals surface area (Å²) >= 11 is 0. The molecule has 0 saturated heterocycles. The molecule has 2 heterocycles. The molecule has 0 radical (unpaired) electrons. The molecule has 0 atom stereocenters. The summed E-state index contributed by atoms with van der Waals surface area (Å²) in [5.41, 5.74) is 5.75. The van der Waals surface area contributed by atoms with Gasteiger partial charge >= 0.3 is 0 Å². The summed E-state index contributed by atoms with van der Waals surface area (Å²) in [5, 5.41) is 10.9. The maximum Gasteiger partial charge on any atom is 0.227 e. The number of carbonyl (C=O) groups excluding carboxylic acids is 1. The van der Waals surface area contributed by atoms with Gasteiger partial charge in [0.1, 0.15) is 0 Å². The van der Waals surface area contributed by atoms with E-state index in [1.165, 1.54) is 0 Å². The van der Waals surface area contributed by atoms with Gasteiger partial charge < -0.3 is 11.1 Å². The molecule has 0 aromatic carbocycles. The van der Waals surface area contributed by atoms with Gasteiger partial charge in [0.2, 0.25) is 5.91 Å². The Morgan fingerprint density at radius 3 is 2.70 bits per heavy atom. The highest BCUT2D eigenvalue weighted by molar-refractivity contribution is 5.85. The Morgan fingerprint density at radius 1 is 1.35 bits per heavy atom. The summed E-state index contributed by atoms with van der Waals surface area (Å²) in [6.45, 7) is 4.27. The number of nitrogens with one attached hydrogen (secondary N) is 1. The molecule has 1 amide bonds. The van der Waals surface area contributed by atoms with Gasteiger partial charge in [-0.2, -0.15) is 0 Å². The third-order valence-electron chi connectivity index (χ3n) is 2.92. The number of hydrogen-bond acceptors (Lipinski definition) is 4. The van der Waals surface area contributed by atoms with E-state index in [0.717, 1.165) is 5.65 Å². The van der Waals surface area contributed by atoms with Crippen molar-refractivity contribution >= 4 is 36.4 Å². The maximum absolute atomic E-state index is 11.9. The van der Waals surface area contributed by atoms with Crippen molar-refractivity contribution in [2.45, 2.75) is 20.4 Å². The topological polar surface area (TPSA) is 85.3 Å². The van der Waals surface area contributed by atoms with Gasteiger partial charge in [-0.3, -0.25) is 9.20 Å². The van der Waals surface area contributed by atoms with E-state index in [2.05, 4.69) is 15.5 Å². The Hall–Kier alpha value is -1.37. The molecule has 0 spiro atoms. The molecule has 2 aromatic rings. The fourth-order valence-corrected chi connectivity index (χ4v) is 1.50. The predicted molar refractivity (Wildman–Crippen MR) is 82.2 cm³/mol. The van der Waals surface area contributed by atoms with E-state index >= 15 is 0 Å². The number of halogens is 2. The second kappa shape index (κ2) is 7.42. The van der Waals surface area contributed by atoms with Crippen molar-refractivity contribution in [2.24, 2.45) is 11.1 Å². The van der Waals surface area contributed by atoms with Crippen LogP contribution in [0.1, 0.15) is 19.7 Å². The lowest BCUT2D eigenvalue weighted by Crippen LogP contribution is -2.41. The van der Waals surface area contributed by atoms with Gasteiger partial charge in [0, 0.05) is 12.7 Å². The van der Waals surface area contributed by atoms with Crippen LogP contribution in [-0.2, 0) is 11.3 Å². The van der Waals surface area contributed by atoms with Crippen molar-refractivity contribution in [1.82, 2.24) is 19.9 Å². The summed E-state index contributed by atoms with van der Waals surface area (Å²) in [6, 6.07) is 5.65. The van der Waals surface area contributed by atoms with E-state index in [1.54, 1.807) is 0 Å². The highest BCUT2D eigenvalue weighted by atomic mass is 35.5. The van der Waals surface area contributed by atoms with E-state index in [1.807, 2.05) is 42.6 Å². The first kappa shape index (κ1) is 18.6. The van der Waals surface area contributed by atoms with Crippen LogP contribution in [0.15, 0.2) is 24.4 Å². The number of carbonyl (C=O) groups is 1. The van der Waals surface area contributed by atoms with E-state index < -0.39 is 5.41 Å². The lowest BCUT2D eigenvalue weighted by atomic mass is 9.93. The number of pyridine rings is 1. The second-order valence-electron chi connectivity index (χ2n) is 4.82. The van der Waals surface area contributed by atoms with Gasteiger partial charge in [-0.25, -0.2) is 0 Å². The smallest absolute Gasteiger partial charge is 0.227 e. The van der Waals surface area contributed by atoms with Gasteiger partial charge in [-0.1, -0.05) is 6.07 Å². The Labute approximate surface area is 130 Å². The first-order valence-electron chi connectivity index (χ1n) is 5.81. The number of amides is 1. The standard InChI is InChI=1S/C12H17N5O.2ClH/c1-12(2,8-13)11(18)14-7-10-16-15-9-5-3-4-6-17(9)10;;/h3-6H,7-8,13H2,1-2H3,(H,14,18);2*1H. The predicted octanol–water partition coefficient (Wildman–Crippen LogP) is 1.17. The van der Waals surface area contributed by atoms with Crippen LogP contribution >= 0.6 is 24.8 Å². The number of aromatic nitrogens is 3. The van der Waals surface area contributed by atoms with Crippen LogP contribution in [0.2, 0.25) is 0 Å². The van der Waals surface area contributed by atoms with Gasteiger partial charge in [-0.15, -0.1) is 35.0 Å². The van der Waals surface area contributed by atoms with Crippen molar-refractivity contribution in [3.8, 4) is 0 Å². The van der Waals surface area contributed by atoms with Crippen LogP contribution in [0.3, 0.4) is 0 Å². The molecule has 2 aromatic heterocycles. The van der Waals surface area contributed by atoms with E-state index in [0.29, 0.717) is 18.9 Å². The highest BCUT2D eigenvalue weighted by Crippen LogP contribution is 2.12. The molecule has 0 aliphatic rings. The van der Waals surface area contributed by atoms with Crippen LogP contribution in [0.25, 0.3) is 5.65 Å². The minimum absolute atomic E-state index is 0. The summed E-state index contributed by atoms with van der Waals surface area (Å²) in [7, 11) is 0. The molecule has 20 heavy (non-hydrogen) atoms. The molecular formula is C12H19Cl2N5O. The third kappa shape index (κ3) is 3.82. The third-order valence-corrected chi connectivity index (χ3v) is 2.92. The van der Waals surface area contributed by atoms with Crippen LogP contribution in [0, 0.1) is 5.41 Å². The first-order valence-corrected chi connectivity index (χ1v) is 5.81. The molecule has 2 rings (SSSR count). The zero-order valence-electron chi connectivity index (χ0n) is 11.4. The largest absolute Gasteiger partial charge is 0.348 e. The highest BCUT2D eigenvalue weighted by Gasteiger charge is 2.25.